The second kappa shape index (κ2) is 6.18. The molecule has 0 saturated heterocycles. The Kier molecular flexibility index (Phi) is 4.18. The van der Waals surface area contributed by atoms with Crippen molar-refractivity contribution in [2.45, 2.75) is 11.8 Å². The molecule has 2 N–H and O–H groups in total. The second-order valence-electron chi connectivity index (χ2n) is 5.73. The highest BCUT2D eigenvalue weighted by molar-refractivity contribution is 7.90. The van der Waals surface area contributed by atoms with E-state index in [0.717, 1.165) is 17.2 Å². The molecule has 0 heterocycles. The first-order valence-electron chi connectivity index (χ1n) is 7.43. The molecule has 25 heavy (non-hydrogen) atoms. The van der Waals surface area contributed by atoms with Crippen molar-refractivity contribution in [3.05, 3.63) is 54.1 Å². The monoisotopic (exact) mass is 356 g/mol. The highest BCUT2D eigenvalue weighted by atomic mass is 32.2. The molecule has 7 heteroatoms. The number of benzene rings is 3. The Morgan fingerprint density at radius 3 is 2.20 bits per heavy atom. The topological polar surface area (TPSA) is 99.3 Å². The SMILES string of the molecule is Cc1cc(N=Nc2cc(S(C)(=O)=O)ccc2O)c(O)c2ccccc12. The molecule has 0 atom stereocenters. The molecule has 0 aliphatic rings. The Balaban J connectivity index is 2.09. The molecular weight excluding hydrogens is 340 g/mol. The summed E-state index contributed by atoms with van der Waals surface area (Å²) in [6, 6.07) is 12.8. The van der Waals surface area contributed by atoms with Gasteiger partial charge in [-0.15, -0.1) is 10.2 Å². The maximum atomic E-state index is 11.6. The summed E-state index contributed by atoms with van der Waals surface area (Å²) in [4.78, 5) is 0.0261. The van der Waals surface area contributed by atoms with E-state index in [4.69, 9.17) is 0 Å². The van der Waals surface area contributed by atoms with Crippen LogP contribution in [0.2, 0.25) is 0 Å². The van der Waals surface area contributed by atoms with Gasteiger partial charge in [-0.1, -0.05) is 24.3 Å². The van der Waals surface area contributed by atoms with Gasteiger partial charge in [-0.2, -0.15) is 0 Å². The average molecular weight is 356 g/mol. The third-order valence-electron chi connectivity index (χ3n) is 3.84. The molecule has 3 aromatic carbocycles. The number of hydrogen-bond acceptors (Lipinski definition) is 6. The number of aryl methyl sites for hydroxylation is 1. The molecule has 0 aromatic heterocycles. The quantitative estimate of drug-likeness (QED) is 0.680. The molecular formula is C18H16N2O4S. The van der Waals surface area contributed by atoms with Gasteiger partial charge in [-0.3, -0.25) is 0 Å². The van der Waals surface area contributed by atoms with Crippen LogP contribution in [0, 0.1) is 6.92 Å². The smallest absolute Gasteiger partial charge is 0.175 e. The van der Waals surface area contributed by atoms with E-state index in [0.29, 0.717) is 5.39 Å². The predicted octanol–water partition coefficient (Wildman–Crippen LogP) is 4.38. The van der Waals surface area contributed by atoms with Gasteiger partial charge in [0.05, 0.1) is 4.90 Å². The maximum absolute atomic E-state index is 11.6. The Bertz CT molecular complexity index is 1110. The van der Waals surface area contributed by atoms with Crippen molar-refractivity contribution in [2.24, 2.45) is 10.2 Å². The van der Waals surface area contributed by atoms with Crippen LogP contribution >= 0.6 is 0 Å². The van der Waals surface area contributed by atoms with Gasteiger partial charge in [-0.05, 0) is 42.1 Å². The summed E-state index contributed by atoms with van der Waals surface area (Å²) in [5.41, 5.74) is 1.16. The van der Waals surface area contributed by atoms with Gasteiger partial charge >= 0.3 is 0 Å². The Morgan fingerprint density at radius 1 is 0.880 bits per heavy atom. The lowest BCUT2D eigenvalue weighted by molar-refractivity contribution is 0.475. The van der Waals surface area contributed by atoms with Crippen molar-refractivity contribution in [2.75, 3.05) is 6.26 Å². The molecule has 0 radical (unpaired) electrons. The summed E-state index contributed by atoms with van der Waals surface area (Å²) in [6.07, 6.45) is 1.07. The van der Waals surface area contributed by atoms with Crippen LogP contribution in [0.15, 0.2) is 63.7 Å². The van der Waals surface area contributed by atoms with Gasteiger partial charge in [0.2, 0.25) is 0 Å². The number of phenolic OH excluding ortho intramolecular Hbond substituents is 2. The van der Waals surface area contributed by atoms with Crippen LogP contribution in [0.1, 0.15) is 5.56 Å². The van der Waals surface area contributed by atoms with Crippen molar-refractivity contribution in [1.29, 1.82) is 0 Å². The highest BCUT2D eigenvalue weighted by Gasteiger charge is 2.12. The predicted molar refractivity (Wildman–Crippen MR) is 95.7 cm³/mol. The lowest BCUT2D eigenvalue weighted by Crippen LogP contribution is -1.95. The Labute approximate surface area is 145 Å². The third kappa shape index (κ3) is 3.32. The lowest BCUT2D eigenvalue weighted by Gasteiger charge is -2.07. The first-order chi connectivity index (χ1) is 11.8. The number of hydrogen-bond donors (Lipinski definition) is 2. The van der Waals surface area contributed by atoms with Gasteiger partial charge in [0.25, 0.3) is 0 Å². The van der Waals surface area contributed by atoms with E-state index in [-0.39, 0.29) is 27.8 Å². The lowest BCUT2D eigenvalue weighted by atomic mass is 10.0. The summed E-state index contributed by atoms with van der Waals surface area (Å²) in [7, 11) is -3.43. The van der Waals surface area contributed by atoms with Gasteiger partial charge in [-0.25, -0.2) is 8.42 Å². The third-order valence-corrected chi connectivity index (χ3v) is 4.95. The number of nitrogens with zero attached hydrogens (tertiary/aromatic N) is 2. The molecule has 3 aromatic rings. The molecule has 0 aliphatic heterocycles. The van der Waals surface area contributed by atoms with E-state index in [9.17, 15) is 18.6 Å². The normalized spacial score (nSPS) is 12.1. The minimum absolute atomic E-state index is 0.00753. The fraction of sp³-hybridized carbons (Fsp3) is 0.111. The number of azo groups is 1. The van der Waals surface area contributed by atoms with E-state index >= 15 is 0 Å². The van der Waals surface area contributed by atoms with Gasteiger partial charge < -0.3 is 10.2 Å². The van der Waals surface area contributed by atoms with Crippen LogP contribution in [-0.2, 0) is 9.84 Å². The summed E-state index contributed by atoms with van der Waals surface area (Å²) < 4.78 is 23.2. The van der Waals surface area contributed by atoms with E-state index in [2.05, 4.69) is 10.2 Å². The average Bonchev–Trinajstić information content (AvgIpc) is 2.57. The molecule has 0 aliphatic carbocycles. The molecule has 0 amide bonds. The molecule has 0 unspecified atom stereocenters. The van der Waals surface area contributed by atoms with E-state index < -0.39 is 9.84 Å². The van der Waals surface area contributed by atoms with Crippen LogP contribution in [0.3, 0.4) is 0 Å². The fourth-order valence-corrected chi connectivity index (χ4v) is 3.16. The molecule has 0 fully saturated rings. The molecule has 0 saturated carbocycles. The minimum atomic E-state index is -3.43. The molecule has 6 nitrogen and oxygen atoms in total. The number of fused-ring (bicyclic) bond motifs is 1. The zero-order chi connectivity index (χ0) is 18.2. The number of aromatic hydroxyl groups is 2. The van der Waals surface area contributed by atoms with Crippen molar-refractivity contribution in [3.63, 3.8) is 0 Å². The van der Waals surface area contributed by atoms with Crippen molar-refractivity contribution >= 4 is 32.0 Å². The maximum Gasteiger partial charge on any atom is 0.175 e. The number of rotatable bonds is 3. The Morgan fingerprint density at radius 2 is 1.52 bits per heavy atom. The first kappa shape index (κ1) is 16.9. The van der Waals surface area contributed by atoms with Crippen molar-refractivity contribution in [1.82, 2.24) is 0 Å². The number of sulfone groups is 1. The summed E-state index contributed by atoms with van der Waals surface area (Å²) >= 11 is 0. The van der Waals surface area contributed by atoms with Gasteiger partial charge in [0, 0.05) is 11.6 Å². The molecule has 3 rings (SSSR count). The van der Waals surface area contributed by atoms with Crippen molar-refractivity contribution in [3.8, 4) is 11.5 Å². The summed E-state index contributed by atoms with van der Waals surface area (Å²) in [5.74, 6) is -0.225. The van der Waals surface area contributed by atoms with E-state index in [1.165, 1.54) is 18.2 Å². The Hall–Kier alpha value is -2.93. The van der Waals surface area contributed by atoms with E-state index in [1.54, 1.807) is 12.1 Å². The molecule has 0 spiro atoms. The minimum Gasteiger partial charge on any atom is -0.506 e. The first-order valence-corrected chi connectivity index (χ1v) is 9.32. The van der Waals surface area contributed by atoms with Crippen LogP contribution in [0.25, 0.3) is 10.8 Å². The van der Waals surface area contributed by atoms with Crippen LogP contribution in [0.5, 0.6) is 11.5 Å². The fourth-order valence-electron chi connectivity index (χ4n) is 2.52. The molecule has 128 valence electrons. The van der Waals surface area contributed by atoms with Gasteiger partial charge in [0.1, 0.15) is 17.1 Å². The van der Waals surface area contributed by atoms with E-state index in [1.807, 2.05) is 25.1 Å². The summed E-state index contributed by atoms with van der Waals surface area (Å²) in [6.45, 7) is 1.89. The molecule has 0 bridgehead atoms. The van der Waals surface area contributed by atoms with Crippen LogP contribution < -0.4 is 0 Å². The zero-order valence-corrected chi connectivity index (χ0v) is 14.4. The largest absolute Gasteiger partial charge is 0.506 e. The number of phenols is 2. The summed E-state index contributed by atoms with van der Waals surface area (Å²) in [5, 5.41) is 29.7. The van der Waals surface area contributed by atoms with Crippen LogP contribution in [-0.4, -0.2) is 24.9 Å². The van der Waals surface area contributed by atoms with Crippen molar-refractivity contribution < 1.29 is 18.6 Å². The zero-order valence-electron chi connectivity index (χ0n) is 13.6. The van der Waals surface area contributed by atoms with Gasteiger partial charge in [0.15, 0.2) is 15.6 Å². The highest BCUT2D eigenvalue weighted by Crippen LogP contribution is 2.38. The second-order valence-corrected chi connectivity index (χ2v) is 7.75. The van der Waals surface area contributed by atoms with Crippen LogP contribution in [0.4, 0.5) is 11.4 Å². The standard InChI is InChI=1S/C18H16N2O4S/c1-11-9-16(18(22)14-6-4-3-5-13(11)14)20-19-15-10-12(25(2,23)24)7-8-17(15)21/h3-10,21-22H,1-2H3.